The van der Waals surface area contributed by atoms with E-state index in [1.54, 1.807) is 7.11 Å². The predicted molar refractivity (Wildman–Crippen MR) is 79.7 cm³/mol. The molecule has 0 amide bonds. The van der Waals surface area contributed by atoms with E-state index in [4.69, 9.17) is 14.9 Å². The number of methoxy groups -OCH3 is 1. The molecule has 0 saturated heterocycles. The van der Waals surface area contributed by atoms with E-state index in [9.17, 15) is 0 Å². The minimum absolute atomic E-state index is 0.0786. The number of furan rings is 1. The summed E-state index contributed by atoms with van der Waals surface area (Å²) >= 11 is 0. The zero-order chi connectivity index (χ0) is 14.5. The molecule has 1 aromatic heterocycles. The quantitative estimate of drug-likeness (QED) is 0.880. The van der Waals surface area contributed by atoms with Crippen molar-refractivity contribution in [3.63, 3.8) is 0 Å². The molecule has 0 aliphatic rings. The third-order valence-electron chi connectivity index (χ3n) is 3.41. The molecule has 108 valence electrons. The van der Waals surface area contributed by atoms with Crippen LogP contribution < -0.4 is 10.5 Å². The molecule has 0 aliphatic heterocycles. The van der Waals surface area contributed by atoms with Crippen LogP contribution in [0, 0.1) is 6.92 Å². The van der Waals surface area contributed by atoms with Crippen molar-refractivity contribution < 1.29 is 9.15 Å². The zero-order valence-electron chi connectivity index (χ0n) is 12.3. The van der Waals surface area contributed by atoms with Gasteiger partial charge in [0.1, 0.15) is 17.3 Å². The molecule has 0 fully saturated rings. The van der Waals surface area contributed by atoms with Crippen molar-refractivity contribution in [3.8, 4) is 5.75 Å². The van der Waals surface area contributed by atoms with Crippen molar-refractivity contribution in [2.24, 2.45) is 5.73 Å². The number of nitrogens with zero attached hydrogens (tertiary/aromatic N) is 1. The zero-order valence-corrected chi connectivity index (χ0v) is 12.3. The molecule has 0 spiro atoms. The Morgan fingerprint density at radius 3 is 2.70 bits per heavy atom. The minimum atomic E-state index is 0.0786. The van der Waals surface area contributed by atoms with Crippen LogP contribution in [0.4, 0.5) is 0 Å². The van der Waals surface area contributed by atoms with Gasteiger partial charge in [-0.05, 0) is 43.8 Å². The van der Waals surface area contributed by atoms with Gasteiger partial charge in [-0.25, -0.2) is 0 Å². The van der Waals surface area contributed by atoms with Crippen LogP contribution in [0.15, 0.2) is 40.8 Å². The standard InChI is InChI=1S/C16H22N2O2/c1-12-7-8-16(20-12)15(10-17)18(2)11-13-5-4-6-14(9-13)19-3/h4-9,15H,10-11,17H2,1-3H3. The van der Waals surface area contributed by atoms with Crippen LogP contribution in [-0.4, -0.2) is 25.6 Å². The fourth-order valence-electron chi connectivity index (χ4n) is 2.31. The Morgan fingerprint density at radius 1 is 1.30 bits per heavy atom. The van der Waals surface area contributed by atoms with E-state index in [0.717, 1.165) is 23.8 Å². The van der Waals surface area contributed by atoms with E-state index < -0.39 is 0 Å². The molecule has 1 aromatic carbocycles. The first-order chi connectivity index (χ1) is 9.63. The SMILES string of the molecule is COc1cccc(CN(C)C(CN)c2ccc(C)o2)c1. The monoisotopic (exact) mass is 274 g/mol. The number of hydrogen-bond acceptors (Lipinski definition) is 4. The highest BCUT2D eigenvalue weighted by Crippen LogP contribution is 2.23. The van der Waals surface area contributed by atoms with Crippen LogP contribution in [0.1, 0.15) is 23.1 Å². The summed E-state index contributed by atoms with van der Waals surface area (Å²) in [6, 6.07) is 12.1. The maximum absolute atomic E-state index is 5.90. The maximum atomic E-state index is 5.90. The van der Waals surface area contributed by atoms with Gasteiger partial charge in [-0.3, -0.25) is 4.90 Å². The second-order valence-corrected chi connectivity index (χ2v) is 4.97. The second-order valence-electron chi connectivity index (χ2n) is 4.97. The average molecular weight is 274 g/mol. The van der Waals surface area contributed by atoms with Gasteiger partial charge in [-0.1, -0.05) is 12.1 Å². The summed E-state index contributed by atoms with van der Waals surface area (Å²) in [6.45, 7) is 3.26. The number of likely N-dealkylation sites (N-methyl/N-ethyl adjacent to an activating group) is 1. The molecular formula is C16H22N2O2. The highest BCUT2D eigenvalue weighted by Gasteiger charge is 2.19. The summed E-state index contributed by atoms with van der Waals surface area (Å²) in [5, 5.41) is 0. The lowest BCUT2D eigenvalue weighted by Gasteiger charge is -2.25. The van der Waals surface area contributed by atoms with Crippen molar-refractivity contribution in [3.05, 3.63) is 53.5 Å². The lowest BCUT2D eigenvalue weighted by molar-refractivity contribution is 0.211. The van der Waals surface area contributed by atoms with Gasteiger partial charge in [0, 0.05) is 13.1 Å². The van der Waals surface area contributed by atoms with E-state index in [-0.39, 0.29) is 6.04 Å². The maximum Gasteiger partial charge on any atom is 0.122 e. The number of rotatable bonds is 6. The van der Waals surface area contributed by atoms with E-state index >= 15 is 0 Å². The summed E-state index contributed by atoms with van der Waals surface area (Å²) in [6.07, 6.45) is 0. The molecule has 20 heavy (non-hydrogen) atoms. The Labute approximate surface area is 120 Å². The van der Waals surface area contributed by atoms with Gasteiger partial charge in [0.25, 0.3) is 0 Å². The first-order valence-corrected chi connectivity index (χ1v) is 6.73. The molecule has 1 heterocycles. The van der Waals surface area contributed by atoms with Crippen LogP contribution in [0.25, 0.3) is 0 Å². The highest BCUT2D eigenvalue weighted by molar-refractivity contribution is 5.28. The molecule has 4 nitrogen and oxygen atoms in total. The third kappa shape index (κ3) is 3.40. The molecule has 1 unspecified atom stereocenters. The molecule has 2 N–H and O–H groups in total. The lowest BCUT2D eigenvalue weighted by Crippen LogP contribution is -2.29. The van der Waals surface area contributed by atoms with E-state index in [1.807, 2.05) is 37.3 Å². The predicted octanol–water partition coefficient (Wildman–Crippen LogP) is 2.73. The van der Waals surface area contributed by atoms with Crippen molar-refractivity contribution >= 4 is 0 Å². The Kier molecular flexibility index (Phi) is 4.82. The van der Waals surface area contributed by atoms with Gasteiger partial charge >= 0.3 is 0 Å². The van der Waals surface area contributed by atoms with Gasteiger partial charge in [0.05, 0.1) is 13.2 Å². The molecule has 0 aliphatic carbocycles. The van der Waals surface area contributed by atoms with Crippen LogP contribution in [-0.2, 0) is 6.54 Å². The summed E-state index contributed by atoms with van der Waals surface area (Å²) in [4.78, 5) is 2.19. The van der Waals surface area contributed by atoms with Gasteiger partial charge in [-0.15, -0.1) is 0 Å². The number of hydrogen-bond donors (Lipinski definition) is 1. The fourth-order valence-corrected chi connectivity index (χ4v) is 2.31. The molecule has 2 aromatic rings. The number of aryl methyl sites for hydroxylation is 1. The number of benzene rings is 1. The molecule has 2 rings (SSSR count). The molecule has 1 atom stereocenters. The van der Waals surface area contributed by atoms with Crippen molar-refractivity contribution in [2.75, 3.05) is 20.7 Å². The van der Waals surface area contributed by atoms with Crippen molar-refractivity contribution in [1.29, 1.82) is 0 Å². The summed E-state index contributed by atoms with van der Waals surface area (Å²) < 4.78 is 10.9. The average Bonchev–Trinajstić information content (AvgIpc) is 2.86. The first-order valence-electron chi connectivity index (χ1n) is 6.73. The minimum Gasteiger partial charge on any atom is -0.497 e. The number of ether oxygens (including phenoxy) is 1. The summed E-state index contributed by atoms with van der Waals surface area (Å²) in [7, 11) is 3.73. The Balaban J connectivity index is 2.10. The topological polar surface area (TPSA) is 51.6 Å². The summed E-state index contributed by atoms with van der Waals surface area (Å²) in [5.74, 6) is 2.69. The van der Waals surface area contributed by atoms with Crippen LogP contribution >= 0.6 is 0 Å². The van der Waals surface area contributed by atoms with Crippen LogP contribution in [0.2, 0.25) is 0 Å². The Bertz CT molecular complexity index is 551. The van der Waals surface area contributed by atoms with Crippen molar-refractivity contribution in [2.45, 2.75) is 19.5 Å². The van der Waals surface area contributed by atoms with E-state index in [2.05, 4.69) is 18.0 Å². The van der Waals surface area contributed by atoms with Gasteiger partial charge < -0.3 is 14.9 Å². The van der Waals surface area contributed by atoms with Crippen LogP contribution in [0.3, 0.4) is 0 Å². The lowest BCUT2D eigenvalue weighted by atomic mass is 10.1. The van der Waals surface area contributed by atoms with E-state index in [0.29, 0.717) is 6.54 Å². The van der Waals surface area contributed by atoms with Crippen LogP contribution in [0.5, 0.6) is 5.75 Å². The third-order valence-corrected chi connectivity index (χ3v) is 3.41. The molecule has 0 radical (unpaired) electrons. The summed E-state index contributed by atoms with van der Waals surface area (Å²) in [5.41, 5.74) is 7.09. The fraction of sp³-hybridized carbons (Fsp3) is 0.375. The molecule has 0 bridgehead atoms. The first kappa shape index (κ1) is 14.6. The largest absolute Gasteiger partial charge is 0.497 e. The highest BCUT2D eigenvalue weighted by atomic mass is 16.5. The van der Waals surface area contributed by atoms with E-state index in [1.165, 1.54) is 5.56 Å². The Morgan fingerprint density at radius 2 is 2.10 bits per heavy atom. The van der Waals surface area contributed by atoms with Crippen molar-refractivity contribution in [1.82, 2.24) is 4.90 Å². The Hall–Kier alpha value is -1.78. The smallest absolute Gasteiger partial charge is 0.122 e. The molecule has 0 saturated carbocycles. The normalized spacial score (nSPS) is 12.7. The second kappa shape index (κ2) is 6.59. The molecular weight excluding hydrogens is 252 g/mol. The van der Waals surface area contributed by atoms with Gasteiger partial charge in [0.2, 0.25) is 0 Å². The van der Waals surface area contributed by atoms with Gasteiger partial charge in [0.15, 0.2) is 0 Å². The van der Waals surface area contributed by atoms with Gasteiger partial charge in [-0.2, -0.15) is 0 Å². The molecule has 4 heteroatoms. The number of nitrogens with two attached hydrogens (primary N) is 1.